The Morgan fingerprint density at radius 3 is 1.87 bits per heavy atom. The summed E-state index contributed by atoms with van der Waals surface area (Å²) in [5, 5.41) is 45.6. The van der Waals surface area contributed by atoms with Gasteiger partial charge in [-0.25, -0.2) is 0 Å². The number of aryl methyl sites for hydroxylation is 1. The lowest BCUT2D eigenvalue weighted by Crippen LogP contribution is -2.78. The molecule has 4 atom stereocenters. The Kier molecular flexibility index (Phi) is 20.0. The summed E-state index contributed by atoms with van der Waals surface area (Å²) >= 11 is 0. The van der Waals surface area contributed by atoms with Gasteiger partial charge in [-0.3, -0.25) is 35.2 Å². The van der Waals surface area contributed by atoms with Gasteiger partial charge >= 0.3 is 5.96 Å². The van der Waals surface area contributed by atoms with Gasteiger partial charge in [-0.05, 0) is 92.5 Å². The number of rotatable bonds is 24. The standard InChI is InChI=1S/C48H61N7O7/c1-33(2)26-28-51-48(49)50-27-10-16-40(53-44(59)17-9-15-34-18-22-38(56)23-19-34)47(62)55-41(29-35-11-5-3-6-12-35)43(58)31-45(60)54-42(30-36-20-24-39(57)25-21-36)46(61)52-32-37-13-7-4-8-14-37/h3-8,11-14,18-26,40-43,56-58H,9-10,15-17,27-32H2,1-2H3,(H,52,61)(H,53,59)(H,54,60)(H,55,62)(H3,49,50,51)/p+1/t40-,41+,42+,43+/m1/s1. The molecule has 0 spiro atoms. The van der Waals surface area contributed by atoms with Crippen LogP contribution in [0.3, 0.4) is 0 Å². The Bertz CT molecular complexity index is 2060. The van der Waals surface area contributed by atoms with E-state index in [1.54, 1.807) is 36.4 Å². The molecule has 0 saturated carbocycles. The van der Waals surface area contributed by atoms with Crippen molar-refractivity contribution in [2.45, 2.75) is 96.0 Å². The predicted octanol–water partition coefficient (Wildman–Crippen LogP) is 2.16. The third-order valence-corrected chi connectivity index (χ3v) is 10.1. The van der Waals surface area contributed by atoms with Crippen LogP contribution in [0.2, 0.25) is 0 Å². The monoisotopic (exact) mass is 848 g/mol. The average molecular weight is 849 g/mol. The Balaban J connectivity index is 1.46. The van der Waals surface area contributed by atoms with Gasteiger partial charge in [-0.15, -0.1) is 0 Å². The maximum atomic E-state index is 14.1. The average Bonchev–Trinajstić information content (AvgIpc) is 3.25. The van der Waals surface area contributed by atoms with Crippen molar-refractivity contribution in [3.63, 3.8) is 0 Å². The zero-order chi connectivity index (χ0) is 44.7. The first kappa shape index (κ1) is 48.0. The zero-order valence-corrected chi connectivity index (χ0v) is 35.6. The molecule has 4 amide bonds. The fourth-order valence-corrected chi connectivity index (χ4v) is 6.61. The number of carbonyl (C=O) groups is 4. The van der Waals surface area contributed by atoms with Gasteiger partial charge in [0.2, 0.25) is 23.6 Å². The van der Waals surface area contributed by atoms with Crippen molar-refractivity contribution in [2.24, 2.45) is 5.73 Å². The molecule has 0 saturated heterocycles. The van der Waals surface area contributed by atoms with Gasteiger partial charge < -0.3 is 36.6 Å². The van der Waals surface area contributed by atoms with Crippen LogP contribution in [0.5, 0.6) is 11.5 Å². The first-order chi connectivity index (χ1) is 29.8. The van der Waals surface area contributed by atoms with E-state index in [0.29, 0.717) is 43.9 Å². The Morgan fingerprint density at radius 2 is 1.24 bits per heavy atom. The molecular weight excluding hydrogens is 787 g/mol. The minimum Gasteiger partial charge on any atom is -0.508 e. The second kappa shape index (κ2) is 25.8. The molecule has 4 aromatic carbocycles. The van der Waals surface area contributed by atoms with E-state index in [0.717, 1.165) is 22.3 Å². The normalized spacial score (nSPS) is 13.1. The number of aliphatic hydroxyl groups excluding tert-OH is 1. The highest BCUT2D eigenvalue weighted by Gasteiger charge is 2.30. The van der Waals surface area contributed by atoms with E-state index in [-0.39, 0.29) is 49.6 Å². The molecule has 0 unspecified atom stereocenters. The molecule has 330 valence electrons. The van der Waals surface area contributed by atoms with Crippen molar-refractivity contribution in [3.8, 4) is 11.5 Å². The van der Waals surface area contributed by atoms with E-state index in [2.05, 4.69) is 31.6 Å². The SMILES string of the molecule is CC(C)=CC[NH+]=C(N)NCCC[C@@H](NC(=O)CCCc1ccc(O)cc1)C(=O)N[C@@H](Cc1ccccc1)[C@@H](O)CC(=O)N[C@@H](Cc1ccc(O)cc1)C(=O)NCc1ccccc1. The van der Waals surface area contributed by atoms with Gasteiger partial charge in [-0.1, -0.05) is 96.6 Å². The Labute approximate surface area is 364 Å². The van der Waals surface area contributed by atoms with Gasteiger partial charge in [0.15, 0.2) is 0 Å². The number of hydrogen-bond acceptors (Lipinski definition) is 7. The number of guanidine groups is 1. The number of amides is 4. The number of nitrogens with two attached hydrogens (primary N) is 1. The van der Waals surface area contributed by atoms with Crippen molar-refractivity contribution in [3.05, 3.63) is 143 Å². The number of hydrogen-bond donors (Lipinski definition) is 10. The topological polar surface area (TPSA) is 229 Å². The van der Waals surface area contributed by atoms with E-state index in [9.17, 15) is 34.5 Å². The maximum absolute atomic E-state index is 14.1. The van der Waals surface area contributed by atoms with Gasteiger partial charge in [0.25, 0.3) is 0 Å². The molecule has 0 heterocycles. The summed E-state index contributed by atoms with van der Waals surface area (Å²) in [5.41, 5.74) is 10.6. The highest BCUT2D eigenvalue weighted by molar-refractivity contribution is 5.89. The van der Waals surface area contributed by atoms with Gasteiger partial charge in [0.1, 0.15) is 23.6 Å². The molecule has 0 aromatic heterocycles. The molecule has 0 bridgehead atoms. The number of nitrogens with one attached hydrogen (secondary N) is 6. The molecule has 62 heavy (non-hydrogen) atoms. The van der Waals surface area contributed by atoms with Crippen molar-refractivity contribution in [2.75, 3.05) is 13.1 Å². The van der Waals surface area contributed by atoms with Crippen LogP contribution >= 0.6 is 0 Å². The van der Waals surface area contributed by atoms with Crippen molar-refractivity contribution < 1.29 is 39.5 Å². The number of benzene rings is 4. The van der Waals surface area contributed by atoms with Crippen molar-refractivity contribution in [1.29, 1.82) is 0 Å². The number of allylic oxidation sites excluding steroid dienone is 1. The Morgan fingerprint density at radius 1 is 0.661 bits per heavy atom. The first-order valence-corrected chi connectivity index (χ1v) is 21.1. The van der Waals surface area contributed by atoms with Crippen LogP contribution in [0, 0.1) is 0 Å². The van der Waals surface area contributed by atoms with Crippen LogP contribution in [0.4, 0.5) is 0 Å². The second-order valence-corrected chi connectivity index (χ2v) is 15.6. The van der Waals surface area contributed by atoms with Crippen LogP contribution in [-0.4, -0.2) is 82.2 Å². The van der Waals surface area contributed by atoms with Gasteiger partial charge in [-0.2, -0.15) is 0 Å². The molecule has 0 radical (unpaired) electrons. The summed E-state index contributed by atoms with van der Waals surface area (Å²) in [5.74, 6) is -1.29. The first-order valence-electron chi connectivity index (χ1n) is 21.1. The minimum absolute atomic E-state index is 0.0628. The molecule has 14 nitrogen and oxygen atoms in total. The zero-order valence-electron chi connectivity index (χ0n) is 35.6. The third-order valence-electron chi connectivity index (χ3n) is 10.1. The molecule has 0 aliphatic rings. The second-order valence-electron chi connectivity index (χ2n) is 15.6. The highest BCUT2D eigenvalue weighted by atomic mass is 16.3. The Hall–Kier alpha value is -6.67. The summed E-state index contributed by atoms with van der Waals surface area (Å²) in [6.07, 6.45) is 2.43. The largest absolute Gasteiger partial charge is 0.508 e. The fraction of sp³-hybridized carbons (Fsp3) is 0.354. The quantitative estimate of drug-likeness (QED) is 0.0215. The van der Waals surface area contributed by atoms with Crippen LogP contribution < -0.4 is 37.3 Å². The molecule has 4 rings (SSSR count). The van der Waals surface area contributed by atoms with Crippen LogP contribution in [-0.2, 0) is 45.0 Å². The minimum atomic E-state index is -1.38. The molecular formula is C48H62N7O7+. The third kappa shape index (κ3) is 18.3. The summed E-state index contributed by atoms with van der Waals surface area (Å²) in [6, 6.07) is 28.7. The lowest BCUT2D eigenvalue weighted by Gasteiger charge is -2.28. The van der Waals surface area contributed by atoms with E-state index in [4.69, 9.17) is 5.73 Å². The number of aliphatic hydroxyl groups is 1. The van der Waals surface area contributed by atoms with Crippen LogP contribution in [0.15, 0.2) is 121 Å². The fourth-order valence-electron chi connectivity index (χ4n) is 6.61. The highest BCUT2D eigenvalue weighted by Crippen LogP contribution is 2.15. The van der Waals surface area contributed by atoms with Gasteiger partial charge in [0.05, 0.1) is 31.7 Å². The summed E-state index contributed by atoms with van der Waals surface area (Å²) in [4.78, 5) is 57.6. The molecule has 0 fully saturated rings. The van der Waals surface area contributed by atoms with Crippen molar-refractivity contribution >= 4 is 29.6 Å². The summed E-state index contributed by atoms with van der Waals surface area (Å²) < 4.78 is 0. The molecule has 11 N–H and O–H groups in total. The summed E-state index contributed by atoms with van der Waals surface area (Å²) in [6.45, 7) is 5.18. The van der Waals surface area contributed by atoms with Crippen molar-refractivity contribution in [1.82, 2.24) is 26.6 Å². The lowest BCUT2D eigenvalue weighted by atomic mass is 9.97. The molecule has 14 heteroatoms. The maximum Gasteiger partial charge on any atom is 0.341 e. The predicted molar refractivity (Wildman–Crippen MR) is 239 cm³/mol. The number of carbonyl (C=O) groups excluding carboxylic acids is 4. The number of aromatic hydroxyl groups is 2. The molecule has 4 aromatic rings. The van der Waals surface area contributed by atoms with E-state index in [1.807, 2.05) is 80.6 Å². The van der Waals surface area contributed by atoms with E-state index >= 15 is 0 Å². The van der Waals surface area contributed by atoms with E-state index < -0.39 is 48.4 Å². The van der Waals surface area contributed by atoms with E-state index in [1.165, 1.54) is 12.1 Å². The molecule has 0 aliphatic carbocycles. The molecule has 0 aliphatic heterocycles. The number of phenols is 2. The summed E-state index contributed by atoms with van der Waals surface area (Å²) in [7, 11) is 0. The van der Waals surface area contributed by atoms with Crippen LogP contribution in [0.1, 0.15) is 68.2 Å². The number of phenolic OH excluding ortho intramolecular Hbond substituents is 2. The van der Waals surface area contributed by atoms with Gasteiger partial charge in [0, 0.05) is 19.4 Å². The lowest BCUT2D eigenvalue weighted by molar-refractivity contribution is -0.448. The smallest absolute Gasteiger partial charge is 0.341 e. The van der Waals surface area contributed by atoms with Crippen LogP contribution in [0.25, 0.3) is 0 Å².